The molecule has 1 aliphatic heterocycles. The van der Waals surface area contributed by atoms with E-state index >= 15 is 0 Å². The lowest BCUT2D eigenvalue weighted by Crippen LogP contribution is -2.61. The van der Waals surface area contributed by atoms with E-state index < -0.39 is 11.5 Å². The minimum absolute atomic E-state index is 0.0224. The molecule has 164 valence electrons. The average molecular weight is 461 g/mol. The van der Waals surface area contributed by atoms with Crippen molar-refractivity contribution < 1.29 is 14.6 Å². The fourth-order valence-electron chi connectivity index (χ4n) is 4.14. The molecule has 1 aliphatic rings. The van der Waals surface area contributed by atoms with Crippen molar-refractivity contribution >= 4 is 45.1 Å². The van der Waals surface area contributed by atoms with Gasteiger partial charge in [-0.2, -0.15) is 0 Å². The Bertz CT molecular complexity index is 1090. The summed E-state index contributed by atoms with van der Waals surface area (Å²) in [4.78, 5) is 24.7. The monoisotopic (exact) mass is 460 g/mol. The molecule has 0 bridgehead atoms. The fourth-order valence-corrected chi connectivity index (χ4v) is 5.16. The van der Waals surface area contributed by atoms with Crippen LogP contribution in [0.5, 0.6) is 5.75 Å². The van der Waals surface area contributed by atoms with E-state index in [1.54, 1.807) is 30.6 Å². The van der Waals surface area contributed by atoms with Crippen LogP contribution in [-0.2, 0) is 11.3 Å². The molecule has 3 heterocycles. The van der Waals surface area contributed by atoms with Crippen LogP contribution in [0.4, 0.5) is 5.95 Å². The fraction of sp³-hybridized carbons (Fsp3) is 0.409. The Labute approximate surface area is 190 Å². The molecule has 2 aromatic heterocycles. The lowest BCUT2D eigenvalue weighted by Gasteiger charge is -2.44. The number of aromatic nitrogens is 2. The smallest absolute Gasteiger partial charge is 0.324 e. The van der Waals surface area contributed by atoms with Gasteiger partial charge in [-0.3, -0.25) is 10.1 Å². The number of piperidine rings is 1. The number of hydrogen-bond donors (Lipinski definition) is 2. The number of aliphatic carboxylic acids is 1. The van der Waals surface area contributed by atoms with Gasteiger partial charge in [0.1, 0.15) is 16.1 Å². The average Bonchev–Trinajstić information content (AvgIpc) is 3.25. The highest BCUT2D eigenvalue weighted by Crippen LogP contribution is 2.33. The molecule has 2 N–H and O–H groups in total. The number of anilines is 1. The number of fused-ring (bicyclic) bond motifs is 1. The zero-order chi connectivity index (χ0) is 22.0. The predicted octanol–water partition coefficient (Wildman–Crippen LogP) is 4.35. The van der Waals surface area contributed by atoms with Gasteiger partial charge in [0.15, 0.2) is 0 Å². The minimum Gasteiger partial charge on any atom is -0.495 e. The summed E-state index contributed by atoms with van der Waals surface area (Å²) in [6.07, 6.45) is 3.56. The Morgan fingerprint density at radius 2 is 2.29 bits per heavy atom. The first kappa shape index (κ1) is 21.8. The van der Waals surface area contributed by atoms with Crippen LogP contribution in [0, 0.1) is 0 Å². The van der Waals surface area contributed by atoms with Crippen molar-refractivity contribution in [1.82, 2.24) is 15.3 Å². The van der Waals surface area contributed by atoms with Crippen molar-refractivity contribution in [2.45, 2.75) is 44.3 Å². The van der Waals surface area contributed by atoms with Gasteiger partial charge in [-0.05, 0) is 48.4 Å². The molecule has 1 saturated heterocycles. The van der Waals surface area contributed by atoms with Crippen LogP contribution in [-0.4, -0.2) is 46.3 Å². The number of nitrogens with zero attached hydrogens (tertiary/aromatic N) is 3. The molecular formula is C22H25ClN4O3S. The van der Waals surface area contributed by atoms with Gasteiger partial charge < -0.3 is 14.7 Å². The number of methoxy groups -OCH3 is 1. The highest BCUT2D eigenvalue weighted by Gasteiger charge is 2.45. The Morgan fingerprint density at radius 1 is 1.45 bits per heavy atom. The third kappa shape index (κ3) is 4.33. The lowest BCUT2D eigenvalue weighted by atomic mass is 9.82. The minimum atomic E-state index is -1.02. The third-order valence-corrected chi connectivity index (χ3v) is 7.10. The molecule has 9 heteroatoms. The lowest BCUT2D eigenvalue weighted by molar-refractivity contribution is -0.146. The van der Waals surface area contributed by atoms with Crippen molar-refractivity contribution in [2.24, 2.45) is 0 Å². The summed E-state index contributed by atoms with van der Waals surface area (Å²) in [7, 11) is 1.57. The summed E-state index contributed by atoms with van der Waals surface area (Å²) in [5, 5.41) is 17.0. The summed E-state index contributed by atoms with van der Waals surface area (Å²) in [5.41, 5.74) is -0.107. The second kappa shape index (κ2) is 8.98. The number of carboxylic acid groups (broad SMARTS) is 1. The molecule has 0 aliphatic carbocycles. The van der Waals surface area contributed by atoms with E-state index in [0.29, 0.717) is 42.7 Å². The second-order valence-corrected chi connectivity index (χ2v) is 9.07. The zero-order valence-electron chi connectivity index (χ0n) is 17.5. The van der Waals surface area contributed by atoms with E-state index in [2.05, 4.69) is 22.1 Å². The number of halogens is 1. The molecule has 2 unspecified atom stereocenters. The summed E-state index contributed by atoms with van der Waals surface area (Å²) in [6, 6.07) is 7.52. The van der Waals surface area contributed by atoms with Crippen LogP contribution in [0.3, 0.4) is 0 Å². The van der Waals surface area contributed by atoms with Crippen LogP contribution in [0.15, 0.2) is 35.8 Å². The molecule has 31 heavy (non-hydrogen) atoms. The van der Waals surface area contributed by atoms with Crippen molar-refractivity contribution in [3.63, 3.8) is 0 Å². The maximum Gasteiger partial charge on any atom is 0.324 e. The Morgan fingerprint density at radius 3 is 3.00 bits per heavy atom. The summed E-state index contributed by atoms with van der Waals surface area (Å²) < 4.78 is 5.19. The van der Waals surface area contributed by atoms with Crippen LogP contribution < -0.4 is 15.0 Å². The SMILES string of the molecule is CCC1CC(NCc2ccc(OC)c(Cl)c2)(C(=O)O)CCN1c1ncc2ccsc2n1. The highest BCUT2D eigenvalue weighted by molar-refractivity contribution is 7.16. The molecule has 0 amide bonds. The number of thiophene rings is 1. The van der Waals surface area contributed by atoms with E-state index in [1.807, 2.05) is 23.7 Å². The molecule has 1 fully saturated rings. The standard InChI is InChI=1S/C22H25ClN4O3S/c1-3-16-11-22(20(28)29,25-12-14-4-5-18(30-2)17(23)10-14)7-8-27(16)21-24-13-15-6-9-31-19(15)26-21/h4-6,9-10,13,16,25H,3,7-8,11-12H2,1-2H3,(H,28,29). The first-order chi connectivity index (χ1) is 15.0. The molecule has 3 aromatic rings. The first-order valence-electron chi connectivity index (χ1n) is 10.2. The van der Waals surface area contributed by atoms with Gasteiger partial charge >= 0.3 is 5.97 Å². The molecule has 4 rings (SSSR count). The molecule has 2 atom stereocenters. The first-order valence-corrected chi connectivity index (χ1v) is 11.5. The molecule has 1 aromatic carbocycles. The number of carbonyl (C=O) groups is 1. The van der Waals surface area contributed by atoms with Crippen molar-refractivity contribution in [1.29, 1.82) is 0 Å². The van der Waals surface area contributed by atoms with Gasteiger partial charge in [0, 0.05) is 30.7 Å². The van der Waals surface area contributed by atoms with Crippen molar-refractivity contribution in [3.05, 3.63) is 46.4 Å². The number of hydrogen-bond acceptors (Lipinski definition) is 7. The van der Waals surface area contributed by atoms with E-state index in [9.17, 15) is 9.90 Å². The quantitative estimate of drug-likeness (QED) is 0.542. The van der Waals surface area contributed by atoms with E-state index in [1.165, 1.54) is 0 Å². The maximum absolute atomic E-state index is 12.4. The zero-order valence-corrected chi connectivity index (χ0v) is 19.0. The molecule has 0 spiro atoms. The van der Waals surface area contributed by atoms with Gasteiger partial charge in [-0.1, -0.05) is 24.6 Å². The van der Waals surface area contributed by atoms with Crippen molar-refractivity contribution in [3.8, 4) is 5.75 Å². The Kier molecular flexibility index (Phi) is 6.31. The maximum atomic E-state index is 12.4. The van der Waals surface area contributed by atoms with Gasteiger partial charge in [0.25, 0.3) is 0 Å². The molecule has 7 nitrogen and oxygen atoms in total. The van der Waals surface area contributed by atoms with E-state index in [0.717, 1.165) is 22.2 Å². The molecule has 0 radical (unpaired) electrons. The van der Waals surface area contributed by atoms with Gasteiger partial charge in [0.2, 0.25) is 5.95 Å². The Balaban J connectivity index is 1.52. The van der Waals surface area contributed by atoms with Crippen LogP contribution >= 0.6 is 22.9 Å². The number of ether oxygens (including phenoxy) is 1. The number of benzene rings is 1. The summed E-state index contributed by atoms with van der Waals surface area (Å²) >= 11 is 7.81. The topological polar surface area (TPSA) is 87.6 Å². The predicted molar refractivity (Wildman–Crippen MR) is 123 cm³/mol. The second-order valence-electron chi connectivity index (χ2n) is 7.77. The number of rotatable bonds is 7. The summed E-state index contributed by atoms with van der Waals surface area (Å²) in [5.74, 6) is 0.433. The molecular weight excluding hydrogens is 436 g/mol. The number of nitrogens with one attached hydrogen (secondary N) is 1. The third-order valence-electron chi connectivity index (χ3n) is 5.98. The van der Waals surface area contributed by atoms with Crippen molar-refractivity contribution in [2.75, 3.05) is 18.6 Å². The van der Waals surface area contributed by atoms with Gasteiger partial charge in [0.05, 0.1) is 12.1 Å². The molecule has 0 saturated carbocycles. The highest BCUT2D eigenvalue weighted by atomic mass is 35.5. The van der Waals surface area contributed by atoms with Gasteiger partial charge in [-0.25, -0.2) is 9.97 Å². The van der Waals surface area contributed by atoms with Crippen LogP contribution in [0.1, 0.15) is 31.7 Å². The Hall–Kier alpha value is -2.42. The van der Waals surface area contributed by atoms with Crippen LogP contribution in [0.2, 0.25) is 5.02 Å². The van der Waals surface area contributed by atoms with Crippen LogP contribution in [0.25, 0.3) is 10.2 Å². The largest absolute Gasteiger partial charge is 0.495 e. The van der Waals surface area contributed by atoms with E-state index in [4.69, 9.17) is 21.3 Å². The number of carboxylic acids is 1. The van der Waals surface area contributed by atoms with E-state index in [-0.39, 0.29) is 6.04 Å². The summed E-state index contributed by atoms with van der Waals surface area (Å²) in [6.45, 7) is 3.05. The normalized spacial score (nSPS) is 21.4. The van der Waals surface area contributed by atoms with Gasteiger partial charge in [-0.15, -0.1) is 11.3 Å².